The van der Waals surface area contributed by atoms with Gasteiger partial charge in [-0.1, -0.05) is 11.6 Å². The maximum absolute atomic E-state index is 13.4. The van der Waals surface area contributed by atoms with Gasteiger partial charge in [-0.25, -0.2) is 9.37 Å². The Bertz CT molecular complexity index is 1170. The van der Waals surface area contributed by atoms with E-state index in [1.165, 1.54) is 29.3 Å². The molecule has 32 heavy (non-hydrogen) atoms. The molecule has 2 N–H and O–H groups in total. The number of hydrogen-bond donors (Lipinski definition) is 2. The van der Waals surface area contributed by atoms with Gasteiger partial charge in [0.25, 0.3) is 0 Å². The van der Waals surface area contributed by atoms with Gasteiger partial charge in [0.05, 0.1) is 17.4 Å². The van der Waals surface area contributed by atoms with Gasteiger partial charge in [-0.05, 0) is 36.2 Å². The maximum Gasteiger partial charge on any atom is 0.418 e. The van der Waals surface area contributed by atoms with Crippen LogP contribution in [0.3, 0.4) is 0 Å². The quantitative estimate of drug-likeness (QED) is 0.544. The molecule has 0 aliphatic carbocycles. The molecule has 1 aliphatic heterocycles. The zero-order valence-corrected chi connectivity index (χ0v) is 17.2. The lowest BCUT2D eigenvalue weighted by Crippen LogP contribution is -2.31. The van der Waals surface area contributed by atoms with E-state index >= 15 is 0 Å². The molecule has 3 aromatic rings. The van der Waals surface area contributed by atoms with Gasteiger partial charge < -0.3 is 15.2 Å². The summed E-state index contributed by atoms with van der Waals surface area (Å²) in [6, 6.07) is 5.19. The number of carbonyl (C=O) groups excluding carboxylic acids is 2. The van der Waals surface area contributed by atoms with Crippen molar-refractivity contribution < 1.29 is 27.2 Å². The lowest BCUT2D eigenvalue weighted by molar-refractivity contribution is -0.136. The van der Waals surface area contributed by atoms with E-state index in [1.54, 1.807) is 0 Å². The van der Waals surface area contributed by atoms with E-state index in [-0.39, 0.29) is 47.2 Å². The van der Waals surface area contributed by atoms with E-state index in [0.29, 0.717) is 12.0 Å². The Morgan fingerprint density at radius 2 is 2.06 bits per heavy atom. The Balaban J connectivity index is 1.42. The minimum atomic E-state index is -4.56. The lowest BCUT2D eigenvalue weighted by Gasteiger charge is -2.17. The van der Waals surface area contributed by atoms with E-state index < -0.39 is 29.4 Å². The number of aromatic nitrogens is 2. The average molecular weight is 469 g/mol. The second-order valence-corrected chi connectivity index (χ2v) is 7.96. The van der Waals surface area contributed by atoms with E-state index in [4.69, 9.17) is 11.6 Å². The fraction of sp³-hybridized carbons (Fsp3) is 0.286. The molecular formula is C21H17ClF4N4O2. The van der Waals surface area contributed by atoms with Crippen molar-refractivity contribution in [3.05, 3.63) is 58.6 Å². The van der Waals surface area contributed by atoms with Crippen LogP contribution in [-0.4, -0.2) is 28.3 Å². The number of rotatable bonds is 5. The molecule has 0 bridgehead atoms. The Morgan fingerprint density at radius 3 is 2.78 bits per heavy atom. The summed E-state index contributed by atoms with van der Waals surface area (Å²) in [6.45, 7) is 0.310. The monoisotopic (exact) mass is 468 g/mol. The highest BCUT2D eigenvalue weighted by Gasteiger charge is 2.36. The number of anilines is 1. The Labute approximate surface area is 184 Å². The average Bonchev–Trinajstić information content (AvgIpc) is 3.29. The Morgan fingerprint density at radius 1 is 1.28 bits per heavy atom. The fourth-order valence-corrected chi connectivity index (χ4v) is 4.01. The second-order valence-electron chi connectivity index (χ2n) is 7.52. The molecule has 1 unspecified atom stereocenters. The molecule has 4 rings (SSSR count). The summed E-state index contributed by atoms with van der Waals surface area (Å²) >= 11 is 5.79. The summed E-state index contributed by atoms with van der Waals surface area (Å²) in [6.07, 6.45) is -2.11. The minimum absolute atomic E-state index is 0.0508. The second kappa shape index (κ2) is 8.42. The topological polar surface area (TPSA) is 78.1 Å². The van der Waals surface area contributed by atoms with Crippen LogP contribution in [0.4, 0.5) is 23.2 Å². The van der Waals surface area contributed by atoms with Crippen molar-refractivity contribution in [2.75, 3.05) is 11.4 Å². The van der Waals surface area contributed by atoms with Crippen LogP contribution < -0.4 is 10.2 Å². The van der Waals surface area contributed by atoms with Crippen molar-refractivity contribution in [1.82, 2.24) is 15.3 Å². The van der Waals surface area contributed by atoms with Crippen LogP contribution in [0, 0.1) is 11.7 Å². The molecule has 2 amide bonds. The summed E-state index contributed by atoms with van der Waals surface area (Å²) < 4.78 is 52.9. The van der Waals surface area contributed by atoms with Crippen LogP contribution in [0.1, 0.15) is 24.0 Å². The third-order valence-corrected chi connectivity index (χ3v) is 5.51. The molecule has 1 saturated heterocycles. The van der Waals surface area contributed by atoms with Gasteiger partial charge in [-0.2, -0.15) is 13.2 Å². The van der Waals surface area contributed by atoms with Gasteiger partial charge in [0, 0.05) is 42.0 Å². The standard InChI is InChI=1S/C21H17ClF4N4O2/c22-13-3-11(4-14(23)6-13)8-27-18(31)5-12-1-2-30(20(12)32)15-7-16-17(21(24,25)26)10-29-19(16)28-9-15/h3-4,6-7,9-10,12H,1-2,5,8H2,(H,27,31)(H,28,29). The Kier molecular flexibility index (Phi) is 5.81. The molecule has 0 radical (unpaired) electrons. The molecule has 1 aromatic carbocycles. The number of nitrogens with one attached hydrogen (secondary N) is 2. The van der Waals surface area contributed by atoms with Crippen LogP contribution in [-0.2, 0) is 22.3 Å². The van der Waals surface area contributed by atoms with Gasteiger partial charge >= 0.3 is 6.18 Å². The van der Waals surface area contributed by atoms with E-state index in [1.807, 2.05) is 0 Å². The number of amides is 2. The van der Waals surface area contributed by atoms with Gasteiger partial charge in [0.1, 0.15) is 11.5 Å². The highest BCUT2D eigenvalue weighted by atomic mass is 35.5. The van der Waals surface area contributed by atoms with Crippen molar-refractivity contribution in [2.24, 2.45) is 5.92 Å². The van der Waals surface area contributed by atoms with Crippen LogP contribution in [0.5, 0.6) is 0 Å². The van der Waals surface area contributed by atoms with Crippen molar-refractivity contribution in [3.63, 3.8) is 0 Å². The molecule has 1 atom stereocenters. The zero-order valence-electron chi connectivity index (χ0n) is 16.5. The number of halogens is 5. The van der Waals surface area contributed by atoms with Crippen molar-refractivity contribution in [3.8, 4) is 0 Å². The summed E-state index contributed by atoms with van der Waals surface area (Å²) in [7, 11) is 0. The summed E-state index contributed by atoms with van der Waals surface area (Å²) in [5.74, 6) is -1.90. The summed E-state index contributed by atoms with van der Waals surface area (Å²) in [4.78, 5) is 32.9. The number of carbonyl (C=O) groups is 2. The largest absolute Gasteiger partial charge is 0.418 e. The number of benzene rings is 1. The molecule has 0 saturated carbocycles. The number of pyridine rings is 1. The predicted molar refractivity (Wildman–Crippen MR) is 109 cm³/mol. The fourth-order valence-electron chi connectivity index (χ4n) is 3.77. The van der Waals surface area contributed by atoms with Crippen molar-refractivity contribution >= 4 is 40.1 Å². The molecule has 6 nitrogen and oxygen atoms in total. The van der Waals surface area contributed by atoms with Crippen molar-refractivity contribution in [1.29, 1.82) is 0 Å². The summed E-state index contributed by atoms with van der Waals surface area (Å²) in [5.41, 5.74) is -0.0676. The van der Waals surface area contributed by atoms with Crippen LogP contribution in [0.2, 0.25) is 5.02 Å². The molecule has 1 aliphatic rings. The third kappa shape index (κ3) is 4.55. The molecule has 168 valence electrons. The number of aromatic amines is 1. The highest BCUT2D eigenvalue weighted by Crippen LogP contribution is 2.36. The van der Waals surface area contributed by atoms with Crippen LogP contribution in [0.25, 0.3) is 11.0 Å². The smallest absolute Gasteiger partial charge is 0.352 e. The van der Waals surface area contributed by atoms with Gasteiger partial charge in [-0.3, -0.25) is 9.59 Å². The normalized spacial score (nSPS) is 16.7. The van der Waals surface area contributed by atoms with Gasteiger partial charge in [0.15, 0.2) is 0 Å². The highest BCUT2D eigenvalue weighted by molar-refractivity contribution is 6.30. The molecule has 2 aromatic heterocycles. The van der Waals surface area contributed by atoms with Gasteiger partial charge in [-0.15, -0.1) is 0 Å². The number of nitrogens with zero attached hydrogens (tertiary/aromatic N) is 2. The summed E-state index contributed by atoms with van der Waals surface area (Å²) in [5, 5.41) is 2.70. The number of fused-ring (bicyclic) bond motifs is 1. The molecular weight excluding hydrogens is 452 g/mol. The maximum atomic E-state index is 13.4. The lowest BCUT2D eigenvalue weighted by atomic mass is 10.0. The van der Waals surface area contributed by atoms with E-state index in [0.717, 1.165) is 12.3 Å². The van der Waals surface area contributed by atoms with E-state index in [2.05, 4.69) is 15.3 Å². The molecule has 1 fully saturated rings. The van der Waals surface area contributed by atoms with Crippen LogP contribution >= 0.6 is 11.6 Å². The Hall–Kier alpha value is -3.14. The van der Waals surface area contributed by atoms with Gasteiger partial charge in [0.2, 0.25) is 11.8 Å². The SMILES string of the molecule is O=C(CC1CCN(c2cnc3[nH]cc(C(F)(F)F)c3c2)C1=O)NCc1cc(F)cc(Cl)c1. The number of alkyl halides is 3. The van der Waals surface area contributed by atoms with E-state index in [9.17, 15) is 27.2 Å². The first kappa shape index (κ1) is 22.1. The van der Waals surface area contributed by atoms with Crippen molar-refractivity contribution in [2.45, 2.75) is 25.6 Å². The minimum Gasteiger partial charge on any atom is -0.352 e. The predicted octanol–water partition coefficient (Wildman–Crippen LogP) is 4.43. The first-order valence-corrected chi connectivity index (χ1v) is 10.1. The molecule has 0 spiro atoms. The van der Waals surface area contributed by atoms with Crippen LogP contribution in [0.15, 0.2) is 36.7 Å². The number of H-pyrrole nitrogens is 1. The third-order valence-electron chi connectivity index (χ3n) is 5.29. The number of hydrogen-bond acceptors (Lipinski definition) is 3. The first-order chi connectivity index (χ1) is 15.1. The molecule has 3 heterocycles. The molecule has 11 heteroatoms. The zero-order chi connectivity index (χ0) is 23.0. The first-order valence-electron chi connectivity index (χ1n) is 9.69.